The molecule has 1 saturated heterocycles. The van der Waals surface area contributed by atoms with Crippen LogP contribution in [-0.2, 0) is 48.2 Å². The van der Waals surface area contributed by atoms with Gasteiger partial charge in [-0.25, -0.2) is 4.79 Å². The molecule has 0 N–H and O–H groups in total. The Morgan fingerprint density at radius 1 is 0.674 bits per heavy atom. The van der Waals surface area contributed by atoms with Gasteiger partial charge in [0.1, 0.15) is 36.5 Å². The molecule has 4 aromatic rings. The fourth-order valence-corrected chi connectivity index (χ4v) is 6.06. The van der Waals surface area contributed by atoms with Crippen molar-refractivity contribution in [1.82, 2.24) is 0 Å². The first-order chi connectivity index (χ1) is 22.7. The number of hydrogen-bond donors (Lipinski definition) is 0. The van der Waals surface area contributed by atoms with Crippen molar-refractivity contribution >= 4 is 17.9 Å². The Morgan fingerprint density at radius 2 is 1.15 bits per heavy atom. The number of thioether (sulfide) groups is 1. The highest BCUT2D eigenvalue weighted by Crippen LogP contribution is 2.38. The number of carbonyl (C=O) groups is 1. The van der Waals surface area contributed by atoms with Crippen LogP contribution in [-0.4, -0.2) is 49.3 Å². The molecule has 0 amide bonds. The summed E-state index contributed by atoms with van der Waals surface area (Å²) >= 11 is 1.49. The van der Waals surface area contributed by atoms with Gasteiger partial charge in [-0.1, -0.05) is 126 Å². The SMILES string of the molecule is [N-]=[N+]=NCOC(=O)OC[C@H]1O[C@H](Sc2ccccc2)[C@@H](OCc2ccccc2)[C@@H](OCc2ccccc2)[C@@H]1OCc1ccccc1. The van der Waals surface area contributed by atoms with Gasteiger partial charge < -0.3 is 28.4 Å². The third-order valence-electron chi connectivity index (χ3n) is 7.11. The van der Waals surface area contributed by atoms with Crippen LogP contribution in [0.1, 0.15) is 16.7 Å². The quantitative estimate of drug-likeness (QED) is 0.0561. The molecule has 5 atom stereocenters. The van der Waals surface area contributed by atoms with Crippen molar-refractivity contribution in [2.24, 2.45) is 5.11 Å². The third-order valence-corrected chi connectivity index (χ3v) is 8.27. The minimum atomic E-state index is -0.991. The summed E-state index contributed by atoms with van der Waals surface area (Å²) in [5, 5.41) is 3.23. The summed E-state index contributed by atoms with van der Waals surface area (Å²) in [4.78, 5) is 15.9. The second kappa shape index (κ2) is 18.0. The molecule has 1 aliphatic heterocycles. The van der Waals surface area contributed by atoms with Crippen molar-refractivity contribution in [3.05, 3.63) is 148 Å². The Balaban J connectivity index is 1.46. The van der Waals surface area contributed by atoms with Crippen molar-refractivity contribution < 1.29 is 33.2 Å². The lowest BCUT2D eigenvalue weighted by molar-refractivity contribution is -0.252. The Morgan fingerprint density at radius 3 is 1.67 bits per heavy atom. The van der Waals surface area contributed by atoms with Gasteiger partial charge in [0.2, 0.25) is 0 Å². The molecule has 10 nitrogen and oxygen atoms in total. The van der Waals surface area contributed by atoms with Crippen molar-refractivity contribution in [3.8, 4) is 0 Å². The van der Waals surface area contributed by atoms with E-state index < -0.39 is 42.7 Å². The molecular weight excluding hydrogens is 606 g/mol. The predicted molar refractivity (Wildman–Crippen MR) is 172 cm³/mol. The maximum atomic E-state index is 12.3. The predicted octanol–water partition coefficient (Wildman–Crippen LogP) is 7.68. The number of benzene rings is 4. The summed E-state index contributed by atoms with van der Waals surface area (Å²) in [7, 11) is 0. The van der Waals surface area contributed by atoms with Gasteiger partial charge in [0.25, 0.3) is 0 Å². The van der Waals surface area contributed by atoms with Crippen molar-refractivity contribution in [1.29, 1.82) is 0 Å². The van der Waals surface area contributed by atoms with Crippen LogP contribution in [0.5, 0.6) is 0 Å². The lowest BCUT2D eigenvalue weighted by Gasteiger charge is -2.45. The van der Waals surface area contributed by atoms with Crippen LogP contribution in [0.4, 0.5) is 4.79 Å². The number of nitrogens with zero attached hydrogens (tertiary/aromatic N) is 3. The van der Waals surface area contributed by atoms with Crippen molar-refractivity contribution in [3.63, 3.8) is 0 Å². The van der Waals surface area contributed by atoms with Crippen LogP contribution in [0, 0.1) is 0 Å². The lowest BCUT2D eigenvalue weighted by Crippen LogP contribution is -2.60. The molecule has 46 heavy (non-hydrogen) atoms. The Labute approximate surface area is 272 Å². The van der Waals surface area contributed by atoms with E-state index >= 15 is 0 Å². The summed E-state index contributed by atoms with van der Waals surface area (Å²) < 4.78 is 36.8. The summed E-state index contributed by atoms with van der Waals surface area (Å²) in [5.41, 5.74) is 10.9. The van der Waals surface area contributed by atoms with E-state index in [2.05, 4.69) is 10.0 Å². The third kappa shape index (κ3) is 10.1. The summed E-state index contributed by atoms with van der Waals surface area (Å²) in [6.45, 7) is 0.201. The second-order valence-corrected chi connectivity index (χ2v) is 11.5. The Bertz CT molecular complexity index is 1510. The number of azide groups is 1. The van der Waals surface area contributed by atoms with E-state index in [-0.39, 0.29) is 13.2 Å². The zero-order valence-corrected chi connectivity index (χ0v) is 25.9. The molecule has 0 aliphatic carbocycles. The summed E-state index contributed by atoms with van der Waals surface area (Å²) in [5.74, 6) is 0. The molecule has 1 aliphatic rings. The van der Waals surface area contributed by atoms with E-state index in [1.54, 1.807) is 0 Å². The topological polar surface area (TPSA) is 121 Å². The molecule has 238 valence electrons. The minimum absolute atomic E-state index is 0.197. The fourth-order valence-electron chi connectivity index (χ4n) is 4.91. The normalized spacial score (nSPS) is 20.7. The molecule has 5 rings (SSSR count). The van der Waals surface area contributed by atoms with Crippen LogP contribution >= 0.6 is 11.8 Å². The van der Waals surface area contributed by atoms with E-state index in [0.717, 1.165) is 21.6 Å². The molecule has 4 aromatic carbocycles. The van der Waals surface area contributed by atoms with Crippen LogP contribution in [0.3, 0.4) is 0 Å². The molecule has 1 heterocycles. The summed E-state index contributed by atoms with van der Waals surface area (Å²) in [6, 6.07) is 39.4. The van der Waals surface area contributed by atoms with Crippen LogP contribution in [0.2, 0.25) is 0 Å². The maximum Gasteiger partial charge on any atom is 0.508 e. The second-order valence-electron chi connectivity index (χ2n) is 10.3. The van der Waals surface area contributed by atoms with Gasteiger partial charge in [-0.05, 0) is 34.4 Å². The van der Waals surface area contributed by atoms with E-state index in [0.29, 0.717) is 13.2 Å². The smallest absolute Gasteiger partial charge is 0.431 e. The van der Waals surface area contributed by atoms with Gasteiger partial charge in [-0.2, -0.15) is 0 Å². The monoisotopic (exact) mass is 641 g/mol. The maximum absolute atomic E-state index is 12.3. The standard InChI is InChI=1S/C35H35N3O7S/c36-38-37-25-44-35(39)43-24-30-31(40-21-26-13-5-1-6-14-26)32(41-22-27-15-7-2-8-16-27)33(42-23-28-17-9-3-10-18-28)34(45-30)46-29-19-11-4-12-20-29/h1-20,30-34H,21-25H2/t30-,31-,32+,33+,34-/m1/s1. The van der Waals surface area contributed by atoms with Crippen molar-refractivity contribution in [2.45, 2.75) is 54.6 Å². The molecule has 0 spiro atoms. The van der Waals surface area contributed by atoms with Crippen LogP contribution in [0.25, 0.3) is 10.4 Å². The number of ether oxygens (including phenoxy) is 6. The number of carbonyl (C=O) groups excluding carboxylic acids is 1. The van der Waals surface area contributed by atoms with Gasteiger partial charge in [-0.15, -0.1) is 0 Å². The van der Waals surface area contributed by atoms with Crippen LogP contribution < -0.4 is 0 Å². The molecule has 0 aromatic heterocycles. The van der Waals surface area contributed by atoms with E-state index in [9.17, 15) is 4.79 Å². The summed E-state index contributed by atoms with van der Waals surface area (Å²) in [6.07, 6.45) is -3.66. The van der Waals surface area contributed by atoms with E-state index in [1.165, 1.54) is 11.8 Å². The molecule has 0 saturated carbocycles. The molecule has 1 fully saturated rings. The van der Waals surface area contributed by atoms with Gasteiger partial charge >= 0.3 is 6.16 Å². The first-order valence-corrected chi connectivity index (χ1v) is 15.7. The van der Waals surface area contributed by atoms with Gasteiger partial charge in [0.05, 0.1) is 19.8 Å². The van der Waals surface area contributed by atoms with Gasteiger partial charge in [0, 0.05) is 9.81 Å². The largest absolute Gasteiger partial charge is 0.508 e. The van der Waals surface area contributed by atoms with E-state index in [4.69, 9.17) is 34.0 Å². The highest BCUT2D eigenvalue weighted by atomic mass is 32.2. The first-order valence-electron chi connectivity index (χ1n) is 14.8. The molecular formula is C35H35N3O7S. The average Bonchev–Trinajstić information content (AvgIpc) is 3.10. The Hall–Kier alpha value is -4.35. The molecule has 0 radical (unpaired) electrons. The zero-order chi connectivity index (χ0) is 31.8. The highest BCUT2D eigenvalue weighted by molar-refractivity contribution is 7.99. The van der Waals surface area contributed by atoms with Crippen LogP contribution in [0.15, 0.2) is 131 Å². The lowest BCUT2D eigenvalue weighted by atomic mass is 9.99. The van der Waals surface area contributed by atoms with Gasteiger partial charge in [0.15, 0.2) is 6.73 Å². The average molecular weight is 642 g/mol. The zero-order valence-electron chi connectivity index (χ0n) is 25.1. The molecule has 0 bridgehead atoms. The Kier molecular flexibility index (Phi) is 12.9. The first kappa shape index (κ1) is 33.0. The fraction of sp³-hybridized carbons (Fsp3) is 0.286. The highest BCUT2D eigenvalue weighted by Gasteiger charge is 2.49. The minimum Gasteiger partial charge on any atom is -0.431 e. The number of hydrogen-bond acceptors (Lipinski definition) is 9. The van der Waals surface area contributed by atoms with Crippen molar-refractivity contribution in [2.75, 3.05) is 13.3 Å². The number of rotatable bonds is 15. The molecule has 0 unspecified atom stereocenters. The van der Waals surface area contributed by atoms with E-state index in [1.807, 2.05) is 121 Å². The molecule has 11 heteroatoms. The van der Waals surface area contributed by atoms with Gasteiger partial charge in [-0.3, -0.25) is 0 Å².